The van der Waals surface area contributed by atoms with Crippen LogP contribution < -0.4 is 5.32 Å². The van der Waals surface area contributed by atoms with E-state index in [0.717, 1.165) is 12.1 Å². The van der Waals surface area contributed by atoms with Crippen molar-refractivity contribution in [3.63, 3.8) is 0 Å². The van der Waals surface area contributed by atoms with E-state index in [4.69, 9.17) is 4.74 Å². The average molecular weight is 414 g/mol. The highest BCUT2D eigenvalue weighted by atomic mass is 19.4. The predicted molar refractivity (Wildman–Crippen MR) is 99.8 cm³/mol. The monoisotopic (exact) mass is 414 g/mol. The van der Waals surface area contributed by atoms with Crippen molar-refractivity contribution in [3.8, 4) is 0 Å². The van der Waals surface area contributed by atoms with Gasteiger partial charge in [-0.15, -0.1) is 0 Å². The molecule has 0 bridgehead atoms. The third-order valence-electron chi connectivity index (χ3n) is 4.61. The molecule has 1 aromatic rings. The van der Waals surface area contributed by atoms with E-state index in [1.165, 1.54) is 12.1 Å². The lowest BCUT2D eigenvalue weighted by Crippen LogP contribution is -2.45. The van der Waals surface area contributed by atoms with Crippen LogP contribution in [0.15, 0.2) is 24.3 Å². The van der Waals surface area contributed by atoms with Gasteiger partial charge in [-0.05, 0) is 25.0 Å². The molecule has 1 N–H and O–H groups in total. The number of amides is 2. The molecule has 0 saturated carbocycles. The van der Waals surface area contributed by atoms with Gasteiger partial charge in [0, 0.05) is 18.5 Å². The molecule has 6 nitrogen and oxygen atoms in total. The number of anilines is 1. The number of nitrogens with zero attached hydrogens (tertiary/aromatic N) is 1. The molecule has 0 spiro atoms. The van der Waals surface area contributed by atoms with Gasteiger partial charge in [-0.2, -0.15) is 13.2 Å². The average Bonchev–Trinajstić information content (AvgIpc) is 2.64. The second-order valence-electron chi connectivity index (χ2n) is 8.02. The van der Waals surface area contributed by atoms with Crippen LogP contribution in [-0.2, 0) is 25.3 Å². The van der Waals surface area contributed by atoms with Crippen LogP contribution >= 0.6 is 0 Å². The van der Waals surface area contributed by atoms with Gasteiger partial charge >= 0.3 is 12.1 Å². The zero-order valence-corrected chi connectivity index (χ0v) is 16.6. The number of piperidine rings is 1. The van der Waals surface area contributed by atoms with E-state index in [1.807, 2.05) is 20.8 Å². The molecule has 1 aliphatic rings. The third kappa shape index (κ3) is 6.20. The Morgan fingerprint density at radius 3 is 2.24 bits per heavy atom. The van der Waals surface area contributed by atoms with Crippen molar-refractivity contribution in [2.45, 2.75) is 39.8 Å². The van der Waals surface area contributed by atoms with Crippen LogP contribution in [0.1, 0.15) is 39.2 Å². The molecule has 0 radical (unpaired) electrons. The van der Waals surface area contributed by atoms with Gasteiger partial charge < -0.3 is 15.0 Å². The van der Waals surface area contributed by atoms with Crippen molar-refractivity contribution in [3.05, 3.63) is 29.8 Å². The quantitative estimate of drug-likeness (QED) is 0.766. The second-order valence-corrected chi connectivity index (χ2v) is 8.02. The van der Waals surface area contributed by atoms with Crippen molar-refractivity contribution in [1.29, 1.82) is 0 Å². The number of hydrogen-bond donors (Lipinski definition) is 1. The number of nitrogens with one attached hydrogen (secondary N) is 1. The first-order valence-corrected chi connectivity index (χ1v) is 9.31. The SMILES string of the molecule is CC(C)(C)C(=O)N1CCC(C(=O)OCC(=O)Nc2ccccc2C(F)(F)F)CC1. The number of hydrogen-bond acceptors (Lipinski definition) is 4. The third-order valence-corrected chi connectivity index (χ3v) is 4.61. The van der Waals surface area contributed by atoms with Gasteiger partial charge in [0.25, 0.3) is 5.91 Å². The van der Waals surface area contributed by atoms with E-state index in [-0.39, 0.29) is 5.91 Å². The Labute approximate surface area is 167 Å². The Morgan fingerprint density at radius 2 is 1.69 bits per heavy atom. The summed E-state index contributed by atoms with van der Waals surface area (Å²) in [5, 5.41) is 2.12. The summed E-state index contributed by atoms with van der Waals surface area (Å²) >= 11 is 0. The number of benzene rings is 1. The maximum atomic E-state index is 13.0. The lowest BCUT2D eigenvalue weighted by atomic mass is 9.91. The van der Waals surface area contributed by atoms with Gasteiger partial charge in [-0.3, -0.25) is 14.4 Å². The largest absolute Gasteiger partial charge is 0.455 e. The van der Waals surface area contributed by atoms with Crippen LogP contribution in [0.4, 0.5) is 18.9 Å². The maximum Gasteiger partial charge on any atom is 0.418 e. The zero-order valence-electron chi connectivity index (χ0n) is 16.6. The fourth-order valence-corrected chi connectivity index (χ4v) is 3.07. The molecule has 9 heteroatoms. The Morgan fingerprint density at radius 1 is 1.10 bits per heavy atom. The number of para-hydroxylation sites is 1. The summed E-state index contributed by atoms with van der Waals surface area (Å²) in [5.41, 5.74) is -1.87. The van der Waals surface area contributed by atoms with Crippen molar-refractivity contribution in [2.75, 3.05) is 25.0 Å². The molecule has 0 atom stereocenters. The lowest BCUT2D eigenvalue weighted by molar-refractivity contribution is -0.155. The van der Waals surface area contributed by atoms with Crippen molar-refractivity contribution >= 4 is 23.5 Å². The highest BCUT2D eigenvalue weighted by Crippen LogP contribution is 2.34. The van der Waals surface area contributed by atoms with Gasteiger partial charge in [0.2, 0.25) is 5.91 Å². The fourth-order valence-electron chi connectivity index (χ4n) is 3.07. The summed E-state index contributed by atoms with van der Waals surface area (Å²) < 4.78 is 43.8. The van der Waals surface area contributed by atoms with Gasteiger partial charge in [-0.25, -0.2) is 0 Å². The molecule has 0 aliphatic carbocycles. The van der Waals surface area contributed by atoms with Crippen LogP contribution in [0.2, 0.25) is 0 Å². The van der Waals surface area contributed by atoms with Crippen molar-refractivity contribution in [2.24, 2.45) is 11.3 Å². The van der Waals surface area contributed by atoms with Gasteiger partial charge in [0.1, 0.15) is 0 Å². The van der Waals surface area contributed by atoms with E-state index in [0.29, 0.717) is 25.9 Å². The first-order valence-electron chi connectivity index (χ1n) is 9.31. The summed E-state index contributed by atoms with van der Waals surface area (Å²) in [6.45, 7) is 5.63. The zero-order chi connectivity index (χ0) is 21.8. The topological polar surface area (TPSA) is 75.7 Å². The smallest absolute Gasteiger partial charge is 0.418 e. The molecule has 160 valence electrons. The molecular weight excluding hydrogens is 389 g/mol. The standard InChI is InChI=1S/C20H25F3N2O4/c1-19(2,3)18(28)25-10-8-13(9-11-25)17(27)29-12-16(26)24-15-7-5-4-6-14(15)20(21,22)23/h4-7,13H,8-12H2,1-3H3,(H,24,26). The number of esters is 1. The van der Waals surface area contributed by atoms with E-state index >= 15 is 0 Å². The molecular formula is C20H25F3N2O4. The fraction of sp³-hybridized carbons (Fsp3) is 0.550. The first-order chi connectivity index (χ1) is 13.4. The van der Waals surface area contributed by atoms with Gasteiger partial charge in [0.15, 0.2) is 6.61 Å². The number of likely N-dealkylation sites (tertiary alicyclic amines) is 1. The van der Waals surface area contributed by atoms with Crippen LogP contribution in [0.25, 0.3) is 0 Å². The summed E-state index contributed by atoms with van der Waals surface area (Å²) in [6, 6.07) is 4.57. The Bertz CT molecular complexity index is 764. The van der Waals surface area contributed by atoms with Crippen molar-refractivity contribution < 1.29 is 32.3 Å². The summed E-state index contributed by atoms with van der Waals surface area (Å²) in [6.07, 6.45) is -3.78. The molecule has 0 unspecified atom stereocenters. The minimum Gasteiger partial charge on any atom is -0.455 e. The molecule has 2 rings (SSSR count). The molecule has 1 saturated heterocycles. The van der Waals surface area contributed by atoms with Gasteiger partial charge in [0.05, 0.1) is 17.2 Å². The summed E-state index contributed by atoms with van der Waals surface area (Å²) in [5.74, 6) is -1.89. The number of carbonyl (C=O) groups excluding carboxylic acids is 3. The van der Waals surface area contributed by atoms with Crippen LogP contribution in [-0.4, -0.2) is 42.4 Å². The minimum atomic E-state index is -4.61. The number of carbonyl (C=O) groups is 3. The van der Waals surface area contributed by atoms with E-state index in [2.05, 4.69) is 5.32 Å². The summed E-state index contributed by atoms with van der Waals surface area (Å²) in [7, 11) is 0. The molecule has 0 aromatic heterocycles. The Kier molecular flexibility index (Phi) is 6.92. The number of rotatable bonds is 4. The summed E-state index contributed by atoms with van der Waals surface area (Å²) in [4.78, 5) is 38.0. The highest BCUT2D eigenvalue weighted by molar-refractivity contribution is 5.93. The Hall–Kier alpha value is -2.58. The maximum absolute atomic E-state index is 13.0. The molecule has 2 amide bonds. The number of ether oxygens (including phenoxy) is 1. The minimum absolute atomic E-state index is 0.00650. The number of alkyl halides is 3. The normalized spacial score (nSPS) is 15.7. The molecule has 29 heavy (non-hydrogen) atoms. The predicted octanol–water partition coefficient (Wildman–Crippen LogP) is 3.47. The highest BCUT2D eigenvalue weighted by Gasteiger charge is 2.34. The molecule has 1 heterocycles. The van der Waals surface area contributed by atoms with E-state index < -0.39 is 47.2 Å². The van der Waals surface area contributed by atoms with Crippen LogP contribution in [0.5, 0.6) is 0 Å². The van der Waals surface area contributed by atoms with Crippen LogP contribution in [0.3, 0.4) is 0 Å². The lowest BCUT2D eigenvalue weighted by Gasteiger charge is -2.34. The second kappa shape index (κ2) is 8.84. The number of halogens is 3. The molecule has 1 fully saturated rings. The van der Waals surface area contributed by atoms with Crippen molar-refractivity contribution in [1.82, 2.24) is 4.90 Å². The van der Waals surface area contributed by atoms with Gasteiger partial charge in [-0.1, -0.05) is 32.9 Å². The first kappa shape index (κ1) is 22.7. The molecule has 1 aliphatic heterocycles. The Balaban J connectivity index is 1.83. The van der Waals surface area contributed by atoms with E-state index in [1.54, 1.807) is 4.90 Å². The van der Waals surface area contributed by atoms with E-state index in [9.17, 15) is 27.6 Å². The van der Waals surface area contributed by atoms with Crippen LogP contribution in [0, 0.1) is 11.3 Å². The molecule has 1 aromatic carbocycles.